The molecule has 1 fully saturated rings. The van der Waals surface area contributed by atoms with Crippen LogP contribution in [-0.4, -0.2) is 17.9 Å². The number of hydrogen-bond donors (Lipinski definition) is 0. The number of hydrogen-bond acceptors (Lipinski definition) is 3. The topological polar surface area (TPSA) is 31.4 Å². The van der Waals surface area contributed by atoms with Gasteiger partial charge in [-0.2, -0.15) is 0 Å². The summed E-state index contributed by atoms with van der Waals surface area (Å²) in [7, 11) is 0. The maximum absolute atomic E-state index is 5.91. The third-order valence-corrected chi connectivity index (χ3v) is 2.74. The van der Waals surface area contributed by atoms with Gasteiger partial charge in [0.05, 0.1) is 6.61 Å². The summed E-state index contributed by atoms with van der Waals surface area (Å²) < 4.78 is 11.1. The van der Waals surface area contributed by atoms with Crippen LogP contribution in [0.1, 0.15) is 24.8 Å². The zero-order valence-corrected chi connectivity index (χ0v) is 9.24. The Hall–Kier alpha value is -0.640. The largest absolute Gasteiger partial charge is 0.353 e. The first-order valence-electron chi connectivity index (χ1n) is 5.19. The van der Waals surface area contributed by atoms with Crippen molar-refractivity contribution in [3.63, 3.8) is 0 Å². The SMILES string of the molecule is Clc1ncccc1COC1CCCCO1. The van der Waals surface area contributed by atoms with Crippen molar-refractivity contribution >= 4 is 11.6 Å². The Labute approximate surface area is 94.4 Å². The number of pyridine rings is 1. The summed E-state index contributed by atoms with van der Waals surface area (Å²) in [6, 6.07) is 3.77. The molecule has 4 heteroatoms. The number of nitrogens with zero attached hydrogens (tertiary/aromatic N) is 1. The first kappa shape index (κ1) is 10.9. The lowest BCUT2D eigenvalue weighted by molar-refractivity contribution is -0.168. The summed E-state index contributed by atoms with van der Waals surface area (Å²) in [6.45, 7) is 1.27. The lowest BCUT2D eigenvalue weighted by Crippen LogP contribution is -2.22. The fourth-order valence-corrected chi connectivity index (χ4v) is 1.73. The zero-order valence-electron chi connectivity index (χ0n) is 8.49. The molecule has 1 aliphatic rings. The molecule has 1 unspecified atom stereocenters. The van der Waals surface area contributed by atoms with Crippen molar-refractivity contribution in [3.8, 4) is 0 Å². The predicted octanol–water partition coefficient (Wildman–Crippen LogP) is 2.78. The molecule has 1 aliphatic heterocycles. The minimum Gasteiger partial charge on any atom is -0.353 e. The van der Waals surface area contributed by atoms with E-state index in [2.05, 4.69) is 4.98 Å². The highest BCUT2D eigenvalue weighted by atomic mass is 35.5. The van der Waals surface area contributed by atoms with E-state index >= 15 is 0 Å². The maximum atomic E-state index is 5.91. The van der Waals surface area contributed by atoms with Crippen LogP contribution in [0.2, 0.25) is 5.15 Å². The fourth-order valence-electron chi connectivity index (χ4n) is 1.55. The molecule has 2 heterocycles. The molecule has 1 aromatic heterocycles. The highest BCUT2D eigenvalue weighted by Gasteiger charge is 2.14. The first-order valence-corrected chi connectivity index (χ1v) is 5.56. The highest BCUT2D eigenvalue weighted by molar-refractivity contribution is 6.30. The zero-order chi connectivity index (χ0) is 10.5. The van der Waals surface area contributed by atoms with Crippen molar-refractivity contribution in [2.75, 3.05) is 6.61 Å². The predicted molar refractivity (Wildman–Crippen MR) is 57.6 cm³/mol. The summed E-state index contributed by atoms with van der Waals surface area (Å²) in [5.41, 5.74) is 0.911. The minimum absolute atomic E-state index is 0.0741. The van der Waals surface area contributed by atoms with Crippen LogP contribution in [0.3, 0.4) is 0 Å². The van der Waals surface area contributed by atoms with Gasteiger partial charge in [0.15, 0.2) is 6.29 Å². The van der Waals surface area contributed by atoms with E-state index < -0.39 is 0 Å². The van der Waals surface area contributed by atoms with E-state index in [-0.39, 0.29) is 6.29 Å². The van der Waals surface area contributed by atoms with E-state index in [1.54, 1.807) is 6.20 Å². The van der Waals surface area contributed by atoms with Crippen LogP contribution in [0.5, 0.6) is 0 Å². The third kappa shape index (κ3) is 3.16. The molecule has 0 bridgehead atoms. The average molecular weight is 228 g/mol. The monoisotopic (exact) mass is 227 g/mol. The third-order valence-electron chi connectivity index (χ3n) is 2.40. The molecular formula is C11H14ClNO2. The van der Waals surface area contributed by atoms with Gasteiger partial charge in [-0.25, -0.2) is 4.98 Å². The second kappa shape index (κ2) is 5.45. The number of aromatic nitrogens is 1. The molecule has 0 radical (unpaired) electrons. The number of rotatable bonds is 3. The van der Waals surface area contributed by atoms with Gasteiger partial charge < -0.3 is 9.47 Å². The van der Waals surface area contributed by atoms with Gasteiger partial charge in [-0.15, -0.1) is 0 Å². The lowest BCUT2D eigenvalue weighted by Gasteiger charge is -2.22. The molecule has 1 saturated heterocycles. The van der Waals surface area contributed by atoms with Crippen molar-refractivity contribution in [3.05, 3.63) is 29.0 Å². The van der Waals surface area contributed by atoms with Crippen LogP contribution in [-0.2, 0) is 16.1 Å². The molecule has 0 spiro atoms. The quantitative estimate of drug-likeness (QED) is 0.745. The molecule has 1 atom stereocenters. The molecule has 0 N–H and O–H groups in total. The summed E-state index contributed by atoms with van der Waals surface area (Å²) in [5.74, 6) is 0. The molecule has 0 saturated carbocycles. The normalized spacial score (nSPS) is 21.5. The summed E-state index contributed by atoms with van der Waals surface area (Å²) in [5, 5.41) is 0.508. The van der Waals surface area contributed by atoms with Crippen molar-refractivity contribution in [1.29, 1.82) is 0 Å². The van der Waals surface area contributed by atoms with Gasteiger partial charge in [0.2, 0.25) is 0 Å². The molecule has 15 heavy (non-hydrogen) atoms. The van der Waals surface area contributed by atoms with E-state index in [0.29, 0.717) is 11.8 Å². The van der Waals surface area contributed by atoms with E-state index in [9.17, 15) is 0 Å². The van der Waals surface area contributed by atoms with Crippen LogP contribution in [0.25, 0.3) is 0 Å². The molecule has 1 aromatic rings. The Morgan fingerprint density at radius 1 is 1.53 bits per heavy atom. The molecule has 0 aliphatic carbocycles. The molecule has 2 rings (SSSR count). The standard InChI is InChI=1S/C11H14ClNO2/c12-11-9(4-3-6-13-11)8-15-10-5-1-2-7-14-10/h3-4,6,10H,1-2,5,7-8H2. The van der Waals surface area contributed by atoms with Gasteiger partial charge in [-0.3, -0.25) is 0 Å². The van der Waals surface area contributed by atoms with Crippen molar-refractivity contribution in [1.82, 2.24) is 4.98 Å². The Kier molecular flexibility index (Phi) is 3.94. The van der Waals surface area contributed by atoms with E-state index in [1.807, 2.05) is 12.1 Å². The average Bonchev–Trinajstić information content (AvgIpc) is 2.29. The van der Waals surface area contributed by atoms with Crippen molar-refractivity contribution < 1.29 is 9.47 Å². The Bertz CT molecular complexity index is 313. The van der Waals surface area contributed by atoms with Crippen LogP contribution in [0.15, 0.2) is 18.3 Å². The van der Waals surface area contributed by atoms with E-state index in [0.717, 1.165) is 25.0 Å². The van der Waals surface area contributed by atoms with Gasteiger partial charge in [0.1, 0.15) is 5.15 Å². The Morgan fingerprint density at radius 2 is 2.47 bits per heavy atom. The smallest absolute Gasteiger partial charge is 0.158 e. The van der Waals surface area contributed by atoms with Gasteiger partial charge in [0.25, 0.3) is 0 Å². The van der Waals surface area contributed by atoms with Crippen molar-refractivity contribution in [2.45, 2.75) is 32.2 Å². The highest BCUT2D eigenvalue weighted by Crippen LogP contribution is 2.18. The molecule has 0 aromatic carbocycles. The van der Waals surface area contributed by atoms with E-state index in [4.69, 9.17) is 21.1 Å². The fraction of sp³-hybridized carbons (Fsp3) is 0.545. The van der Waals surface area contributed by atoms with Crippen LogP contribution >= 0.6 is 11.6 Å². The number of halogens is 1. The van der Waals surface area contributed by atoms with Crippen molar-refractivity contribution in [2.24, 2.45) is 0 Å². The second-order valence-corrected chi connectivity index (χ2v) is 3.92. The summed E-state index contributed by atoms with van der Waals surface area (Å²) in [4.78, 5) is 3.99. The molecule has 3 nitrogen and oxygen atoms in total. The first-order chi connectivity index (χ1) is 7.36. The van der Waals surface area contributed by atoms with Gasteiger partial charge in [-0.1, -0.05) is 17.7 Å². The van der Waals surface area contributed by atoms with Gasteiger partial charge in [-0.05, 0) is 25.3 Å². The Balaban J connectivity index is 1.84. The molecule has 82 valence electrons. The maximum Gasteiger partial charge on any atom is 0.158 e. The molecular weight excluding hydrogens is 214 g/mol. The summed E-state index contributed by atoms with van der Waals surface area (Å²) in [6.07, 6.45) is 4.87. The van der Waals surface area contributed by atoms with Crippen LogP contribution in [0.4, 0.5) is 0 Å². The van der Waals surface area contributed by atoms with Gasteiger partial charge in [0, 0.05) is 18.4 Å². The second-order valence-electron chi connectivity index (χ2n) is 3.56. The Morgan fingerprint density at radius 3 is 3.20 bits per heavy atom. The van der Waals surface area contributed by atoms with Crippen LogP contribution in [0, 0.1) is 0 Å². The molecule has 0 amide bonds. The lowest BCUT2D eigenvalue weighted by atomic mass is 10.2. The minimum atomic E-state index is -0.0741. The number of ether oxygens (including phenoxy) is 2. The van der Waals surface area contributed by atoms with Crippen LogP contribution < -0.4 is 0 Å². The van der Waals surface area contributed by atoms with Gasteiger partial charge >= 0.3 is 0 Å². The van der Waals surface area contributed by atoms with E-state index in [1.165, 1.54) is 6.42 Å². The summed E-state index contributed by atoms with van der Waals surface area (Å²) >= 11 is 5.91.